The molecule has 2 heterocycles. The number of halogens is 2. The van der Waals surface area contributed by atoms with Crippen molar-refractivity contribution in [1.29, 1.82) is 0 Å². The Morgan fingerprint density at radius 1 is 1.31 bits per heavy atom. The number of hydrogen-bond acceptors (Lipinski definition) is 4. The maximum atomic E-state index is 12.6. The van der Waals surface area contributed by atoms with Gasteiger partial charge in [-0.2, -0.15) is 5.10 Å². The molecule has 0 aliphatic carbocycles. The van der Waals surface area contributed by atoms with Crippen molar-refractivity contribution >= 4 is 29.9 Å². The van der Waals surface area contributed by atoms with Gasteiger partial charge in [-0.25, -0.2) is 0 Å². The van der Waals surface area contributed by atoms with Crippen molar-refractivity contribution in [1.82, 2.24) is 25.3 Å². The van der Waals surface area contributed by atoms with Gasteiger partial charge in [0.05, 0.1) is 10.6 Å². The first kappa shape index (κ1) is 20.7. The van der Waals surface area contributed by atoms with Crippen molar-refractivity contribution in [2.24, 2.45) is 7.05 Å². The van der Waals surface area contributed by atoms with E-state index in [-0.39, 0.29) is 18.3 Å². The molecule has 1 aliphatic rings. The number of hydrogen-bond donors (Lipinski definition) is 2. The summed E-state index contributed by atoms with van der Waals surface area (Å²) in [7, 11) is 1.81. The highest BCUT2D eigenvalue weighted by Crippen LogP contribution is 2.28. The topological polar surface area (TPSA) is 62.2 Å². The molecule has 6 nitrogen and oxygen atoms in total. The van der Waals surface area contributed by atoms with Crippen LogP contribution in [0.5, 0.6) is 0 Å². The standard InChI is InChI=1S/C18H24ClN5O.ClH/c1-23-13-15(17(22-23)14-5-2-3-6-16(14)19)18(25)21-7-4-10-24-11-8-20-9-12-24;/h2-3,5-6,13,20H,4,7-12H2,1H3,(H,21,25);1H. The van der Waals surface area contributed by atoms with E-state index in [1.54, 1.807) is 16.9 Å². The van der Waals surface area contributed by atoms with Crippen LogP contribution in [0.1, 0.15) is 16.8 Å². The Hall–Kier alpha value is -1.60. The van der Waals surface area contributed by atoms with Crippen molar-refractivity contribution < 1.29 is 4.79 Å². The predicted octanol–water partition coefficient (Wildman–Crippen LogP) is 2.19. The van der Waals surface area contributed by atoms with E-state index in [0.29, 0.717) is 22.8 Å². The summed E-state index contributed by atoms with van der Waals surface area (Å²) in [5, 5.41) is 11.4. The molecule has 1 fully saturated rings. The molecule has 142 valence electrons. The summed E-state index contributed by atoms with van der Waals surface area (Å²) in [4.78, 5) is 15.0. The molecule has 0 spiro atoms. The first-order valence-corrected chi connectivity index (χ1v) is 9.03. The van der Waals surface area contributed by atoms with E-state index in [1.165, 1.54) is 0 Å². The molecular formula is C18H25Cl2N5O. The maximum absolute atomic E-state index is 12.6. The van der Waals surface area contributed by atoms with Crippen LogP contribution < -0.4 is 10.6 Å². The summed E-state index contributed by atoms with van der Waals surface area (Å²) in [5.41, 5.74) is 1.95. The molecular weight excluding hydrogens is 373 g/mol. The lowest BCUT2D eigenvalue weighted by Crippen LogP contribution is -2.44. The Balaban J connectivity index is 0.00000243. The molecule has 26 heavy (non-hydrogen) atoms. The van der Waals surface area contributed by atoms with Gasteiger partial charge in [0.25, 0.3) is 5.91 Å². The third kappa shape index (κ3) is 5.20. The zero-order valence-corrected chi connectivity index (χ0v) is 16.4. The van der Waals surface area contributed by atoms with E-state index < -0.39 is 0 Å². The molecule has 2 N–H and O–H groups in total. The second-order valence-electron chi connectivity index (χ2n) is 6.25. The van der Waals surface area contributed by atoms with Crippen LogP contribution in [-0.4, -0.2) is 59.9 Å². The number of nitrogens with one attached hydrogen (secondary N) is 2. The number of carbonyl (C=O) groups is 1. The van der Waals surface area contributed by atoms with Crippen LogP contribution in [0.25, 0.3) is 11.3 Å². The molecule has 0 unspecified atom stereocenters. The number of amides is 1. The van der Waals surface area contributed by atoms with Crippen molar-refractivity contribution in [3.8, 4) is 11.3 Å². The molecule has 0 atom stereocenters. The lowest BCUT2D eigenvalue weighted by molar-refractivity contribution is 0.0952. The summed E-state index contributed by atoms with van der Waals surface area (Å²) >= 11 is 6.27. The van der Waals surface area contributed by atoms with Gasteiger partial charge in [-0.3, -0.25) is 9.48 Å². The third-order valence-electron chi connectivity index (χ3n) is 4.35. The smallest absolute Gasteiger partial charge is 0.255 e. The summed E-state index contributed by atoms with van der Waals surface area (Å²) in [6, 6.07) is 7.45. The summed E-state index contributed by atoms with van der Waals surface area (Å²) < 4.78 is 1.65. The van der Waals surface area contributed by atoms with E-state index in [9.17, 15) is 4.79 Å². The second-order valence-corrected chi connectivity index (χ2v) is 6.65. The number of aromatic nitrogens is 2. The summed E-state index contributed by atoms with van der Waals surface area (Å²) in [6.07, 6.45) is 2.68. The van der Waals surface area contributed by atoms with E-state index in [4.69, 9.17) is 11.6 Å². The SMILES string of the molecule is Cl.Cn1cc(C(=O)NCCCN2CCNCC2)c(-c2ccccc2Cl)n1. The molecule has 1 aromatic heterocycles. The van der Waals surface area contributed by atoms with E-state index in [1.807, 2.05) is 25.2 Å². The highest BCUT2D eigenvalue weighted by Gasteiger charge is 2.18. The number of nitrogens with zero attached hydrogens (tertiary/aromatic N) is 3. The normalized spacial score (nSPS) is 14.7. The lowest BCUT2D eigenvalue weighted by atomic mass is 10.1. The maximum Gasteiger partial charge on any atom is 0.255 e. The average molecular weight is 398 g/mol. The molecule has 1 saturated heterocycles. The molecule has 0 saturated carbocycles. The summed E-state index contributed by atoms with van der Waals surface area (Å²) in [6.45, 7) is 5.90. The Bertz CT molecular complexity index is 728. The number of carbonyl (C=O) groups excluding carboxylic acids is 1. The zero-order valence-electron chi connectivity index (χ0n) is 14.9. The zero-order chi connectivity index (χ0) is 17.6. The fourth-order valence-corrected chi connectivity index (χ4v) is 3.27. The fourth-order valence-electron chi connectivity index (χ4n) is 3.04. The molecule has 1 aliphatic heterocycles. The molecule has 2 aromatic rings. The summed E-state index contributed by atoms with van der Waals surface area (Å²) in [5.74, 6) is -0.108. The van der Waals surface area contributed by atoms with Crippen LogP contribution in [-0.2, 0) is 7.05 Å². The molecule has 1 aromatic carbocycles. The minimum Gasteiger partial charge on any atom is -0.352 e. The van der Waals surface area contributed by atoms with Crippen LogP contribution in [0.15, 0.2) is 30.5 Å². The molecule has 0 bridgehead atoms. The van der Waals surface area contributed by atoms with Gasteiger partial charge in [-0.05, 0) is 19.0 Å². The van der Waals surface area contributed by atoms with Crippen LogP contribution in [0, 0.1) is 0 Å². The number of rotatable bonds is 6. The van der Waals surface area contributed by atoms with Gasteiger partial charge in [-0.15, -0.1) is 12.4 Å². The fraction of sp³-hybridized carbons (Fsp3) is 0.444. The third-order valence-corrected chi connectivity index (χ3v) is 4.68. The molecule has 3 rings (SSSR count). The van der Waals surface area contributed by atoms with Gasteiger partial charge in [-0.1, -0.05) is 29.8 Å². The van der Waals surface area contributed by atoms with Gasteiger partial charge >= 0.3 is 0 Å². The van der Waals surface area contributed by atoms with Gasteiger partial charge in [0.15, 0.2) is 0 Å². The van der Waals surface area contributed by atoms with Crippen molar-refractivity contribution in [2.45, 2.75) is 6.42 Å². The first-order valence-electron chi connectivity index (χ1n) is 8.65. The van der Waals surface area contributed by atoms with E-state index >= 15 is 0 Å². The average Bonchev–Trinajstić information content (AvgIpc) is 3.01. The molecule has 8 heteroatoms. The monoisotopic (exact) mass is 397 g/mol. The van der Waals surface area contributed by atoms with E-state index in [0.717, 1.165) is 44.7 Å². The Kier molecular flexibility index (Phi) is 7.90. The van der Waals surface area contributed by atoms with Crippen molar-refractivity contribution in [3.05, 3.63) is 41.0 Å². The second kappa shape index (κ2) is 9.92. The van der Waals surface area contributed by atoms with Gasteiger partial charge in [0, 0.05) is 51.5 Å². The van der Waals surface area contributed by atoms with Gasteiger partial charge < -0.3 is 15.5 Å². The quantitative estimate of drug-likeness (QED) is 0.733. The van der Waals surface area contributed by atoms with E-state index in [2.05, 4.69) is 20.6 Å². The minimum absolute atomic E-state index is 0. The van der Waals surface area contributed by atoms with Gasteiger partial charge in [0.1, 0.15) is 5.69 Å². The lowest BCUT2D eigenvalue weighted by Gasteiger charge is -2.27. The molecule has 1 amide bonds. The van der Waals surface area contributed by atoms with Crippen molar-refractivity contribution in [3.63, 3.8) is 0 Å². The number of aryl methyl sites for hydroxylation is 1. The molecule has 0 radical (unpaired) electrons. The highest BCUT2D eigenvalue weighted by atomic mass is 35.5. The van der Waals surface area contributed by atoms with Crippen LogP contribution >= 0.6 is 24.0 Å². The van der Waals surface area contributed by atoms with Gasteiger partial charge in [0.2, 0.25) is 0 Å². The highest BCUT2D eigenvalue weighted by molar-refractivity contribution is 6.33. The number of benzene rings is 1. The number of piperazine rings is 1. The first-order chi connectivity index (χ1) is 12.1. The Morgan fingerprint density at radius 2 is 2.04 bits per heavy atom. The minimum atomic E-state index is -0.108. The largest absolute Gasteiger partial charge is 0.352 e. The predicted molar refractivity (Wildman–Crippen MR) is 107 cm³/mol. The van der Waals surface area contributed by atoms with Crippen LogP contribution in [0.3, 0.4) is 0 Å². The van der Waals surface area contributed by atoms with Crippen LogP contribution in [0.2, 0.25) is 5.02 Å². The van der Waals surface area contributed by atoms with Crippen LogP contribution in [0.4, 0.5) is 0 Å². The Labute approximate surface area is 165 Å². The van der Waals surface area contributed by atoms with Crippen molar-refractivity contribution in [2.75, 3.05) is 39.3 Å². The Morgan fingerprint density at radius 3 is 2.77 bits per heavy atom.